The Hall–Kier alpha value is -1.44. The number of benzene rings is 2. The van der Waals surface area contributed by atoms with E-state index in [9.17, 15) is 12.8 Å². The molecule has 2 aromatic carbocycles. The van der Waals surface area contributed by atoms with Crippen molar-refractivity contribution in [2.45, 2.75) is 11.4 Å². The highest BCUT2D eigenvalue weighted by molar-refractivity contribution is 9.10. The normalized spacial score (nSPS) is 11.3. The van der Waals surface area contributed by atoms with E-state index in [1.807, 2.05) is 0 Å². The van der Waals surface area contributed by atoms with Gasteiger partial charge in [0.05, 0.1) is 0 Å². The standard InChI is InChI=1S/C13H12BrFN2O2S/c14-12-6-1-9(8-16)7-13(12)20(18,19)17-11-4-2-10(15)3-5-11/h1-7,17H,8,16H2. The maximum atomic E-state index is 12.8. The molecule has 0 aromatic heterocycles. The van der Waals surface area contributed by atoms with Crippen molar-refractivity contribution < 1.29 is 12.8 Å². The fourth-order valence-corrected chi connectivity index (χ4v) is 3.68. The molecule has 4 nitrogen and oxygen atoms in total. The number of hydrogen-bond acceptors (Lipinski definition) is 3. The molecule has 0 radical (unpaired) electrons. The van der Waals surface area contributed by atoms with Crippen LogP contribution < -0.4 is 10.5 Å². The third-order valence-corrected chi connectivity index (χ3v) is 4.99. The van der Waals surface area contributed by atoms with Gasteiger partial charge in [-0.15, -0.1) is 0 Å². The van der Waals surface area contributed by atoms with Gasteiger partial charge < -0.3 is 5.73 Å². The van der Waals surface area contributed by atoms with Gasteiger partial charge in [0.15, 0.2) is 0 Å². The second-order valence-corrected chi connectivity index (χ2v) is 6.59. The van der Waals surface area contributed by atoms with Crippen molar-refractivity contribution in [1.29, 1.82) is 0 Å². The van der Waals surface area contributed by atoms with Crippen LogP contribution in [0.15, 0.2) is 51.8 Å². The van der Waals surface area contributed by atoms with E-state index in [4.69, 9.17) is 5.73 Å². The second kappa shape index (κ2) is 5.90. The molecular weight excluding hydrogens is 347 g/mol. The Morgan fingerprint density at radius 3 is 2.40 bits per heavy atom. The summed E-state index contributed by atoms with van der Waals surface area (Å²) < 4.78 is 40.2. The summed E-state index contributed by atoms with van der Waals surface area (Å²) in [5, 5.41) is 0. The Morgan fingerprint density at radius 1 is 1.15 bits per heavy atom. The van der Waals surface area contributed by atoms with E-state index in [-0.39, 0.29) is 17.1 Å². The fourth-order valence-electron chi connectivity index (χ4n) is 1.61. The predicted octanol–water partition coefficient (Wildman–Crippen LogP) is 2.85. The first-order valence-corrected chi connectivity index (χ1v) is 7.97. The van der Waals surface area contributed by atoms with Gasteiger partial charge >= 0.3 is 0 Å². The topological polar surface area (TPSA) is 72.2 Å². The first kappa shape index (κ1) is 15.0. The third kappa shape index (κ3) is 3.36. The molecule has 0 aliphatic carbocycles. The number of rotatable bonds is 4. The highest BCUT2D eigenvalue weighted by atomic mass is 79.9. The Balaban J connectivity index is 2.37. The van der Waals surface area contributed by atoms with Crippen LogP contribution in [0.25, 0.3) is 0 Å². The second-order valence-electron chi connectivity index (χ2n) is 4.08. The molecule has 0 aliphatic rings. The number of halogens is 2. The van der Waals surface area contributed by atoms with Gasteiger partial charge in [0, 0.05) is 16.7 Å². The SMILES string of the molecule is NCc1ccc(Br)c(S(=O)(=O)Nc2ccc(F)cc2)c1. The molecule has 0 spiro atoms. The maximum absolute atomic E-state index is 12.8. The molecule has 2 aromatic rings. The Labute approximate surface area is 125 Å². The minimum atomic E-state index is -3.76. The summed E-state index contributed by atoms with van der Waals surface area (Å²) in [5.74, 6) is -0.431. The zero-order valence-electron chi connectivity index (χ0n) is 10.3. The van der Waals surface area contributed by atoms with Crippen molar-refractivity contribution in [3.8, 4) is 0 Å². The zero-order chi connectivity index (χ0) is 14.8. The molecule has 3 N–H and O–H groups in total. The molecule has 0 bridgehead atoms. The maximum Gasteiger partial charge on any atom is 0.263 e. The van der Waals surface area contributed by atoms with E-state index in [1.54, 1.807) is 12.1 Å². The third-order valence-electron chi connectivity index (χ3n) is 2.62. The first-order valence-electron chi connectivity index (χ1n) is 5.69. The molecular formula is C13H12BrFN2O2S. The number of hydrogen-bond donors (Lipinski definition) is 2. The predicted molar refractivity (Wildman–Crippen MR) is 79.2 cm³/mol. The van der Waals surface area contributed by atoms with Crippen LogP contribution in [0.2, 0.25) is 0 Å². The lowest BCUT2D eigenvalue weighted by atomic mass is 10.2. The lowest BCUT2D eigenvalue weighted by Gasteiger charge is -2.10. The molecule has 0 heterocycles. The molecule has 7 heteroatoms. The summed E-state index contributed by atoms with van der Waals surface area (Å²) in [6.07, 6.45) is 0. The number of nitrogens with two attached hydrogens (primary N) is 1. The van der Waals surface area contributed by atoms with E-state index in [0.29, 0.717) is 10.0 Å². The van der Waals surface area contributed by atoms with Gasteiger partial charge in [-0.05, 0) is 57.9 Å². The Kier molecular flexibility index (Phi) is 4.42. The van der Waals surface area contributed by atoms with Gasteiger partial charge in [0.25, 0.3) is 10.0 Å². The monoisotopic (exact) mass is 358 g/mol. The fraction of sp³-hybridized carbons (Fsp3) is 0.0769. The number of nitrogens with one attached hydrogen (secondary N) is 1. The van der Waals surface area contributed by atoms with E-state index >= 15 is 0 Å². The summed E-state index contributed by atoms with van der Waals surface area (Å²) >= 11 is 3.20. The zero-order valence-corrected chi connectivity index (χ0v) is 12.7. The average Bonchev–Trinajstić information content (AvgIpc) is 2.41. The van der Waals surface area contributed by atoms with E-state index in [2.05, 4.69) is 20.7 Å². The van der Waals surface area contributed by atoms with Crippen LogP contribution in [-0.2, 0) is 16.6 Å². The van der Waals surface area contributed by atoms with Crippen molar-refractivity contribution >= 4 is 31.6 Å². The van der Waals surface area contributed by atoms with Crippen molar-refractivity contribution in [2.24, 2.45) is 5.73 Å². The summed E-state index contributed by atoms with van der Waals surface area (Å²) in [6.45, 7) is 0.242. The van der Waals surface area contributed by atoms with Crippen molar-refractivity contribution in [3.05, 3.63) is 58.3 Å². The van der Waals surface area contributed by atoms with Gasteiger partial charge in [0.2, 0.25) is 0 Å². The molecule has 2 rings (SSSR count). The molecule has 0 atom stereocenters. The molecule has 0 aliphatic heterocycles. The lowest BCUT2D eigenvalue weighted by molar-refractivity contribution is 0.600. The van der Waals surface area contributed by atoms with Crippen LogP contribution in [0.5, 0.6) is 0 Å². The first-order chi connectivity index (χ1) is 9.42. The molecule has 0 saturated heterocycles. The van der Waals surface area contributed by atoms with Gasteiger partial charge in [-0.25, -0.2) is 12.8 Å². The number of sulfonamides is 1. The lowest BCUT2D eigenvalue weighted by Crippen LogP contribution is -2.14. The summed E-state index contributed by atoms with van der Waals surface area (Å²) in [7, 11) is -3.76. The Morgan fingerprint density at radius 2 is 1.80 bits per heavy atom. The van der Waals surface area contributed by atoms with Gasteiger partial charge in [-0.3, -0.25) is 4.72 Å². The van der Waals surface area contributed by atoms with Crippen molar-refractivity contribution in [3.63, 3.8) is 0 Å². The van der Waals surface area contributed by atoms with Crippen LogP contribution >= 0.6 is 15.9 Å². The minimum Gasteiger partial charge on any atom is -0.326 e. The van der Waals surface area contributed by atoms with Crippen LogP contribution in [0.1, 0.15) is 5.56 Å². The largest absolute Gasteiger partial charge is 0.326 e. The van der Waals surface area contributed by atoms with Gasteiger partial charge in [-0.1, -0.05) is 6.07 Å². The highest BCUT2D eigenvalue weighted by Crippen LogP contribution is 2.25. The smallest absolute Gasteiger partial charge is 0.263 e. The van der Waals surface area contributed by atoms with Crippen molar-refractivity contribution in [1.82, 2.24) is 0 Å². The summed E-state index contributed by atoms with van der Waals surface area (Å²) in [4.78, 5) is 0.0878. The molecule has 0 fully saturated rings. The molecule has 0 unspecified atom stereocenters. The van der Waals surface area contributed by atoms with Crippen LogP contribution in [0, 0.1) is 5.82 Å². The summed E-state index contributed by atoms with van der Waals surface area (Å²) in [5.41, 5.74) is 6.50. The number of anilines is 1. The minimum absolute atomic E-state index is 0.0878. The van der Waals surface area contributed by atoms with Gasteiger partial charge in [0.1, 0.15) is 10.7 Å². The Bertz CT molecular complexity index is 718. The quantitative estimate of drug-likeness (QED) is 0.882. The average molecular weight is 359 g/mol. The molecule has 20 heavy (non-hydrogen) atoms. The van der Waals surface area contributed by atoms with Crippen LogP contribution in [-0.4, -0.2) is 8.42 Å². The van der Waals surface area contributed by atoms with E-state index in [0.717, 1.165) is 0 Å². The highest BCUT2D eigenvalue weighted by Gasteiger charge is 2.18. The molecule has 0 amide bonds. The van der Waals surface area contributed by atoms with E-state index < -0.39 is 15.8 Å². The van der Waals surface area contributed by atoms with E-state index in [1.165, 1.54) is 30.3 Å². The van der Waals surface area contributed by atoms with Crippen molar-refractivity contribution in [2.75, 3.05) is 4.72 Å². The molecule has 0 saturated carbocycles. The van der Waals surface area contributed by atoms with Crippen LogP contribution in [0.4, 0.5) is 10.1 Å². The molecule has 106 valence electrons. The van der Waals surface area contributed by atoms with Gasteiger partial charge in [-0.2, -0.15) is 0 Å². The van der Waals surface area contributed by atoms with Crippen LogP contribution in [0.3, 0.4) is 0 Å². The summed E-state index contributed by atoms with van der Waals surface area (Å²) in [6, 6.07) is 9.94.